The van der Waals surface area contributed by atoms with Crippen molar-refractivity contribution in [3.05, 3.63) is 0 Å². The van der Waals surface area contributed by atoms with Crippen molar-refractivity contribution in [2.75, 3.05) is 6.61 Å². The molecule has 0 spiro atoms. The summed E-state index contributed by atoms with van der Waals surface area (Å²) in [5.41, 5.74) is 0. The van der Waals surface area contributed by atoms with Crippen molar-refractivity contribution < 1.29 is 9.53 Å². The van der Waals surface area contributed by atoms with Crippen molar-refractivity contribution in [3.8, 4) is 24.7 Å². The maximum atomic E-state index is 10.5. The topological polar surface area (TPSA) is 26.3 Å². The van der Waals surface area contributed by atoms with Crippen molar-refractivity contribution in [2.24, 2.45) is 0 Å². The lowest BCUT2D eigenvalue weighted by molar-refractivity contribution is -0.142. The van der Waals surface area contributed by atoms with E-state index in [0.29, 0.717) is 6.42 Å². The molecule has 0 amide bonds. The summed E-state index contributed by atoms with van der Waals surface area (Å²) in [6, 6.07) is 0. The van der Waals surface area contributed by atoms with Crippen LogP contribution in [0.1, 0.15) is 12.8 Å². The second-order valence-corrected chi connectivity index (χ2v) is 1.57. The molecule has 0 N–H and O–H groups in total. The Labute approximate surface area is 60.6 Å². The first kappa shape index (κ1) is 8.59. The Morgan fingerprint density at radius 1 is 1.40 bits per heavy atom. The van der Waals surface area contributed by atoms with Crippen LogP contribution < -0.4 is 0 Å². The summed E-state index contributed by atoms with van der Waals surface area (Å²) in [6.07, 6.45) is 10.4. The molecule has 0 saturated carbocycles. The minimum Gasteiger partial charge on any atom is -0.452 e. The first-order valence-electron chi connectivity index (χ1n) is 2.83. The predicted molar refractivity (Wildman–Crippen MR) is 37.9 cm³/mol. The molecule has 2 heteroatoms. The summed E-state index contributed by atoms with van der Waals surface area (Å²) in [7, 11) is 0. The summed E-state index contributed by atoms with van der Waals surface area (Å²) >= 11 is 0. The first-order valence-corrected chi connectivity index (χ1v) is 2.83. The predicted octanol–water partition coefficient (Wildman–Crippen LogP) is 0.576. The van der Waals surface area contributed by atoms with Crippen molar-refractivity contribution >= 4 is 5.97 Å². The van der Waals surface area contributed by atoms with Gasteiger partial charge in [-0.25, -0.2) is 0 Å². The first-order chi connectivity index (χ1) is 4.81. The van der Waals surface area contributed by atoms with Crippen LogP contribution in [0.5, 0.6) is 0 Å². The van der Waals surface area contributed by atoms with Crippen LogP contribution in [0.2, 0.25) is 0 Å². The van der Waals surface area contributed by atoms with Crippen molar-refractivity contribution in [1.82, 2.24) is 0 Å². The monoisotopic (exact) mass is 136 g/mol. The third kappa shape index (κ3) is 4.74. The van der Waals surface area contributed by atoms with Crippen LogP contribution in [-0.2, 0) is 9.53 Å². The largest absolute Gasteiger partial charge is 0.452 e. The van der Waals surface area contributed by atoms with E-state index in [1.54, 1.807) is 0 Å². The number of hydrogen-bond donors (Lipinski definition) is 0. The zero-order valence-electron chi connectivity index (χ0n) is 5.59. The van der Waals surface area contributed by atoms with Crippen LogP contribution in [0, 0.1) is 24.7 Å². The number of esters is 1. The van der Waals surface area contributed by atoms with Gasteiger partial charge in [0.15, 0.2) is 6.61 Å². The molecule has 0 fully saturated rings. The highest BCUT2D eigenvalue weighted by Gasteiger charge is 1.97. The maximum Gasteiger partial charge on any atom is 0.307 e. The highest BCUT2D eigenvalue weighted by Crippen LogP contribution is 1.89. The summed E-state index contributed by atoms with van der Waals surface area (Å²) in [5, 5.41) is 0. The molecule has 0 aromatic rings. The fourth-order valence-electron chi connectivity index (χ4n) is 0.369. The summed E-state index contributed by atoms with van der Waals surface area (Å²) < 4.78 is 4.52. The molecule has 0 aromatic carbocycles. The second-order valence-electron chi connectivity index (χ2n) is 1.57. The Kier molecular flexibility index (Phi) is 4.91. The molecule has 0 heterocycles. The Hall–Kier alpha value is -1.41. The van der Waals surface area contributed by atoms with Crippen LogP contribution in [0.4, 0.5) is 0 Å². The third-order valence-corrected chi connectivity index (χ3v) is 0.790. The summed E-state index contributed by atoms with van der Waals surface area (Å²) in [4.78, 5) is 10.5. The lowest BCUT2D eigenvalue weighted by atomic mass is 10.3. The summed E-state index contributed by atoms with van der Waals surface area (Å²) in [5.74, 6) is 4.17. The van der Waals surface area contributed by atoms with E-state index in [-0.39, 0.29) is 19.0 Å². The van der Waals surface area contributed by atoms with Gasteiger partial charge in [0.1, 0.15) is 0 Å². The van der Waals surface area contributed by atoms with Crippen molar-refractivity contribution in [1.29, 1.82) is 0 Å². The van der Waals surface area contributed by atoms with Gasteiger partial charge in [-0.15, -0.1) is 18.8 Å². The van der Waals surface area contributed by atoms with E-state index >= 15 is 0 Å². The molecule has 52 valence electrons. The van der Waals surface area contributed by atoms with E-state index in [1.807, 2.05) is 0 Å². The molecular weight excluding hydrogens is 128 g/mol. The molecule has 0 rings (SSSR count). The Morgan fingerprint density at radius 3 is 2.60 bits per heavy atom. The molecule has 0 aliphatic rings. The Morgan fingerprint density at radius 2 is 2.10 bits per heavy atom. The average molecular weight is 136 g/mol. The number of rotatable bonds is 3. The van der Waals surface area contributed by atoms with Gasteiger partial charge in [0.2, 0.25) is 0 Å². The molecular formula is C8H8O2. The zero-order chi connectivity index (χ0) is 7.82. The number of hydrogen-bond acceptors (Lipinski definition) is 2. The normalized spacial score (nSPS) is 7.40. The van der Waals surface area contributed by atoms with Gasteiger partial charge in [-0.3, -0.25) is 4.79 Å². The Bertz CT molecular complexity index is 160. The van der Waals surface area contributed by atoms with Crippen molar-refractivity contribution in [2.45, 2.75) is 12.8 Å². The van der Waals surface area contributed by atoms with E-state index in [0.717, 1.165) is 0 Å². The smallest absolute Gasteiger partial charge is 0.307 e. The molecule has 10 heavy (non-hydrogen) atoms. The molecule has 0 atom stereocenters. The van der Waals surface area contributed by atoms with Gasteiger partial charge < -0.3 is 4.74 Å². The lowest BCUT2D eigenvalue weighted by Crippen LogP contribution is -2.03. The van der Waals surface area contributed by atoms with Gasteiger partial charge in [0, 0.05) is 6.42 Å². The van der Waals surface area contributed by atoms with Gasteiger partial charge in [-0.05, 0) is 0 Å². The van der Waals surface area contributed by atoms with E-state index in [9.17, 15) is 4.79 Å². The third-order valence-electron chi connectivity index (χ3n) is 0.790. The molecule has 0 aromatic heterocycles. The van der Waals surface area contributed by atoms with E-state index in [1.165, 1.54) is 0 Å². The van der Waals surface area contributed by atoms with Gasteiger partial charge in [-0.2, -0.15) is 0 Å². The van der Waals surface area contributed by atoms with Gasteiger partial charge in [0.25, 0.3) is 0 Å². The van der Waals surface area contributed by atoms with Gasteiger partial charge in [-0.1, -0.05) is 5.92 Å². The SMILES string of the molecule is C#CCCC(=O)OCC#C. The van der Waals surface area contributed by atoms with Crippen LogP contribution in [0.25, 0.3) is 0 Å². The van der Waals surface area contributed by atoms with Gasteiger partial charge >= 0.3 is 5.97 Å². The molecule has 0 bridgehead atoms. The van der Waals surface area contributed by atoms with Crippen LogP contribution in [0.15, 0.2) is 0 Å². The highest BCUT2D eigenvalue weighted by molar-refractivity contribution is 5.69. The summed E-state index contributed by atoms with van der Waals surface area (Å²) in [6.45, 7) is 0.0312. The molecule has 0 radical (unpaired) electrons. The average Bonchev–Trinajstić information content (AvgIpc) is 1.97. The minimum absolute atomic E-state index is 0.0312. The minimum atomic E-state index is -0.337. The van der Waals surface area contributed by atoms with Crippen LogP contribution in [-0.4, -0.2) is 12.6 Å². The number of carbonyl (C=O) groups excluding carboxylic acids is 1. The molecule has 0 unspecified atom stereocenters. The fourth-order valence-corrected chi connectivity index (χ4v) is 0.369. The molecule has 0 aliphatic heterocycles. The van der Waals surface area contributed by atoms with Crippen LogP contribution >= 0.6 is 0 Å². The number of terminal acetylenes is 2. The van der Waals surface area contributed by atoms with E-state index < -0.39 is 0 Å². The van der Waals surface area contributed by atoms with E-state index in [2.05, 4.69) is 16.6 Å². The van der Waals surface area contributed by atoms with Gasteiger partial charge in [0.05, 0.1) is 6.42 Å². The number of carbonyl (C=O) groups is 1. The highest BCUT2D eigenvalue weighted by atomic mass is 16.5. The number of ether oxygens (including phenoxy) is 1. The molecule has 0 saturated heterocycles. The maximum absolute atomic E-state index is 10.5. The fraction of sp³-hybridized carbons (Fsp3) is 0.375. The van der Waals surface area contributed by atoms with Crippen LogP contribution in [0.3, 0.4) is 0 Å². The van der Waals surface area contributed by atoms with E-state index in [4.69, 9.17) is 12.8 Å². The lowest BCUT2D eigenvalue weighted by Gasteiger charge is -1.95. The zero-order valence-corrected chi connectivity index (χ0v) is 5.59. The molecule has 0 aliphatic carbocycles. The standard InChI is InChI=1S/C8H8O2/c1-3-5-6-8(9)10-7-4-2/h1-2H,5-7H2. The molecule has 2 nitrogen and oxygen atoms in total. The quantitative estimate of drug-likeness (QED) is 0.419. The van der Waals surface area contributed by atoms with Crippen molar-refractivity contribution in [3.63, 3.8) is 0 Å². The Balaban J connectivity index is 3.30. The second kappa shape index (κ2) is 5.72.